The Hall–Kier alpha value is -3.41. The van der Waals surface area contributed by atoms with Gasteiger partial charge in [-0.05, 0) is 71.5 Å². The zero-order chi connectivity index (χ0) is 31.9. The first-order valence-corrected chi connectivity index (χ1v) is 17.4. The second-order valence-corrected chi connectivity index (χ2v) is 13.8. The molecule has 0 saturated carbocycles. The molecule has 6 rings (SSSR count). The summed E-state index contributed by atoms with van der Waals surface area (Å²) in [6.07, 6.45) is 2.24. The lowest BCUT2D eigenvalue weighted by Crippen LogP contribution is -2.42. The van der Waals surface area contributed by atoms with Crippen LogP contribution in [-0.2, 0) is 37.4 Å². The van der Waals surface area contributed by atoms with E-state index in [1.54, 1.807) is 37.4 Å². The summed E-state index contributed by atoms with van der Waals surface area (Å²) < 4.78 is 47.0. The first kappa shape index (κ1) is 32.5. The number of ether oxygens (including phenoxy) is 3. The number of hydrogen-bond donors (Lipinski definition) is 2. The van der Waals surface area contributed by atoms with Gasteiger partial charge in [0, 0.05) is 38.2 Å². The Balaban J connectivity index is 1.21. The standard InChI is InChI=1S/C37H42N2O6S/c1-43-26-33-12-7-19-39(33)24-34-22-36(29-17-15-27(25-40)16-18-29)45-37(44-34)32-11-6-10-31(21-32)30-9-5-8-28(20-30)23-38-46(41,42)35-13-3-2-4-14-35/h2-6,8-11,13-18,20-21,33-34,36-38,40H,7,12,19,22-26H2,1H3/t33-,34+,36-,37-/m0/s1. The van der Waals surface area contributed by atoms with Gasteiger partial charge >= 0.3 is 0 Å². The first-order valence-electron chi connectivity index (χ1n) is 15.9. The zero-order valence-electron chi connectivity index (χ0n) is 26.1. The number of rotatable bonds is 12. The van der Waals surface area contributed by atoms with Gasteiger partial charge in [0.2, 0.25) is 10.0 Å². The molecule has 0 radical (unpaired) electrons. The van der Waals surface area contributed by atoms with Crippen molar-refractivity contribution in [3.8, 4) is 11.1 Å². The molecule has 4 aromatic rings. The number of sulfonamides is 1. The molecular formula is C37H42N2O6S. The quantitative estimate of drug-likeness (QED) is 0.196. The molecule has 2 aliphatic heterocycles. The Morgan fingerprint density at radius 3 is 2.39 bits per heavy atom. The molecule has 4 atom stereocenters. The van der Waals surface area contributed by atoms with Crippen molar-refractivity contribution in [1.82, 2.24) is 9.62 Å². The van der Waals surface area contributed by atoms with Crippen molar-refractivity contribution >= 4 is 10.0 Å². The van der Waals surface area contributed by atoms with E-state index in [-0.39, 0.29) is 30.3 Å². The smallest absolute Gasteiger partial charge is 0.240 e. The van der Waals surface area contributed by atoms with E-state index in [9.17, 15) is 13.5 Å². The number of likely N-dealkylation sites (tertiary alicyclic amines) is 1. The second kappa shape index (κ2) is 15.0. The fraction of sp³-hybridized carbons (Fsp3) is 0.351. The number of nitrogens with one attached hydrogen (secondary N) is 1. The van der Waals surface area contributed by atoms with Crippen LogP contribution in [0.4, 0.5) is 0 Å². The average molecular weight is 643 g/mol. The molecule has 4 aromatic carbocycles. The van der Waals surface area contributed by atoms with Crippen LogP contribution in [0.15, 0.2) is 108 Å². The summed E-state index contributed by atoms with van der Waals surface area (Å²) in [4.78, 5) is 2.72. The van der Waals surface area contributed by atoms with Crippen LogP contribution in [0.25, 0.3) is 11.1 Å². The highest BCUT2D eigenvalue weighted by atomic mass is 32.2. The van der Waals surface area contributed by atoms with Gasteiger partial charge in [-0.2, -0.15) is 0 Å². The summed E-state index contributed by atoms with van der Waals surface area (Å²) in [6, 6.07) is 32.8. The Labute approximate surface area is 272 Å². The van der Waals surface area contributed by atoms with E-state index < -0.39 is 16.3 Å². The molecule has 2 fully saturated rings. The van der Waals surface area contributed by atoms with Gasteiger partial charge in [-0.3, -0.25) is 4.90 Å². The summed E-state index contributed by atoms with van der Waals surface area (Å²) >= 11 is 0. The van der Waals surface area contributed by atoms with Crippen LogP contribution in [0.1, 0.15) is 53.9 Å². The summed E-state index contributed by atoms with van der Waals surface area (Å²) in [5.41, 5.74) is 5.67. The summed E-state index contributed by atoms with van der Waals surface area (Å²) in [5, 5.41) is 9.55. The minimum atomic E-state index is -3.62. The van der Waals surface area contributed by atoms with Gasteiger partial charge in [-0.1, -0.05) is 78.9 Å². The second-order valence-electron chi connectivity index (χ2n) is 12.1. The number of methoxy groups -OCH3 is 1. The highest BCUT2D eigenvalue weighted by Crippen LogP contribution is 2.39. The van der Waals surface area contributed by atoms with E-state index in [2.05, 4.69) is 15.7 Å². The molecule has 46 heavy (non-hydrogen) atoms. The fourth-order valence-corrected chi connectivity index (χ4v) is 7.44. The largest absolute Gasteiger partial charge is 0.392 e. The van der Waals surface area contributed by atoms with Crippen molar-refractivity contribution in [2.24, 2.45) is 0 Å². The lowest BCUT2D eigenvalue weighted by Gasteiger charge is -2.39. The van der Waals surface area contributed by atoms with E-state index in [4.69, 9.17) is 14.2 Å². The van der Waals surface area contributed by atoms with Crippen molar-refractivity contribution in [1.29, 1.82) is 0 Å². The van der Waals surface area contributed by atoms with E-state index in [1.165, 1.54) is 0 Å². The lowest BCUT2D eigenvalue weighted by molar-refractivity contribution is -0.253. The maximum Gasteiger partial charge on any atom is 0.240 e. The maximum atomic E-state index is 12.8. The SMILES string of the molecule is COC[C@@H]1CCCN1C[C@H]1C[C@@H](c2ccc(CO)cc2)O[C@@H](c2cccc(-c3cccc(CNS(=O)(=O)c4ccccc4)c3)c2)O1. The predicted octanol–water partition coefficient (Wildman–Crippen LogP) is 5.98. The number of hydrogen-bond acceptors (Lipinski definition) is 7. The van der Waals surface area contributed by atoms with Gasteiger partial charge in [0.25, 0.3) is 0 Å². The molecule has 0 unspecified atom stereocenters. The first-order chi connectivity index (χ1) is 22.4. The number of nitrogens with zero attached hydrogens (tertiary/aromatic N) is 1. The monoisotopic (exact) mass is 642 g/mol. The molecule has 2 saturated heterocycles. The highest BCUT2D eigenvalue weighted by Gasteiger charge is 2.35. The lowest BCUT2D eigenvalue weighted by atomic mass is 9.98. The Bertz CT molecular complexity index is 1680. The van der Waals surface area contributed by atoms with Crippen molar-refractivity contribution in [2.75, 3.05) is 26.8 Å². The molecule has 2 N–H and O–H groups in total. The van der Waals surface area contributed by atoms with Crippen molar-refractivity contribution in [3.05, 3.63) is 125 Å². The third-order valence-corrected chi connectivity index (χ3v) is 10.3. The Morgan fingerprint density at radius 1 is 0.870 bits per heavy atom. The maximum absolute atomic E-state index is 12.8. The molecule has 0 aromatic heterocycles. The Morgan fingerprint density at radius 2 is 1.63 bits per heavy atom. The van der Waals surface area contributed by atoms with Gasteiger partial charge in [-0.25, -0.2) is 13.1 Å². The van der Waals surface area contributed by atoms with Crippen LogP contribution >= 0.6 is 0 Å². The van der Waals surface area contributed by atoms with Gasteiger partial charge < -0.3 is 19.3 Å². The molecule has 242 valence electrons. The molecule has 9 heteroatoms. The summed E-state index contributed by atoms with van der Waals surface area (Å²) in [5.74, 6) is 0. The van der Waals surface area contributed by atoms with Crippen LogP contribution in [0.2, 0.25) is 0 Å². The van der Waals surface area contributed by atoms with Crippen LogP contribution < -0.4 is 4.72 Å². The molecular weight excluding hydrogens is 600 g/mol. The number of benzene rings is 4. The normalized spacial score (nSPS) is 22.2. The van der Waals surface area contributed by atoms with Crippen LogP contribution in [-0.4, -0.2) is 57.4 Å². The molecule has 0 aliphatic carbocycles. The molecule has 2 aliphatic rings. The molecule has 0 spiro atoms. The van der Waals surface area contributed by atoms with Gasteiger partial charge in [0.15, 0.2) is 6.29 Å². The molecule has 2 heterocycles. The van der Waals surface area contributed by atoms with E-state index >= 15 is 0 Å². The summed E-state index contributed by atoms with van der Waals surface area (Å²) in [7, 11) is -1.86. The van der Waals surface area contributed by atoms with E-state index in [0.29, 0.717) is 12.6 Å². The predicted molar refractivity (Wildman–Crippen MR) is 177 cm³/mol. The third-order valence-electron chi connectivity index (χ3n) is 8.85. The van der Waals surface area contributed by atoms with Crippen LogP contribution in [0.5, 0.6) is 0 Å². The van der Waals surface area contributed by atoms with E-state index in [0.717, 1.165) is 65.7 Å². The van der Waals surface area contributed by atoms with Gasteiger partial charge in [-0.15, -0.1) is 0 Å². The highest BCUT2D eigenvalue weighted by molar-refractivity contribution is 7.89. The van der Waals surface area contributed by atoms with Crippen molar-refractivity contribution in [2.45, 2.75) is 61.8 Å². The van der Waals surface area contributed by atoms with Gasteiger partial charge in [0.05, 0.1) is 30.3 Å². The molecule has 0 amide bonds. The minimum absolute atomic E-state index is 0.00288. The van der Waals surface area contributed by atoms with Crippen LogP contribution in [0.3, 0.4) is 0 Å². The third kappa shape index (κ3) is 7.93. The van der Waals surface area contributed by atoms with Crippen molar-refractivity contribution < 1.29 is 27.7 Å². The zero-order valence-corrected chi connectivity index (χ0v) is 26.9. The molecule has 0 bridgehead atoms. The topological polar surface area (TPSA) is 97.3 Å². The summed E-state index contributed by atoms with van der Waals surface area (Å²) in [6.45, 7) is 2.73. The van der Waals surface area contributed by atoms with E-state index in [1.807, 2.05) is 66.7 Å². The average Bonchev–Trinajstić information content (AvgIpc) is 3.54. The van der Waals surface area contributed by atoms with Crippen LogP contribution in [0, 0.1) is 0 Å². The molecule has 8 nitrogen and oxygen atoms in total. The minimum Gasteiger partial charge on any atom is -0.392 e. The fourth-order valence-electron chi connectivity index (χ4n) is 6.40. The number of aliphatic hydroxyl groups excluding tert-OH is 1. The van der Waals surface area contributed by atoms with Crippen molar-refractivity contribution in [3.63, 3.8) is 0 Å². The Kier molecular flexibility index (Phi) is 10.6. The van der Waals surface area contributed by atoms with Gasteiger partial charge in [0.1, 0.15) is 0 Å². The number of aliphatic hydroxyl groups is 1.